The highest BCUT2D eigenvalue weighted by molar-refractivity contribution is 5.75. The average molecular weight is 268 g/mol. The zero-order valence-electron chi connectivity index (χ0n) is 11.2. The van der Waals surface area contributed by atoms with E-state index < -0.39 is 11.9 Å². The second kappa shape index (κ2) is 5.61. The van der Waals surface area contributed by atoms with E-state index in [2.05, 4.69) is 5.16 Å². The third kappa shape index (κ3) is 3.07. The number of aliphatic carboxylic acids is 1. The second-order valence-corrected chi connectivity index (χ2v) is 5.37. The molecule has 0 amide bonds. The van der Waals surface area contributed by atoms with Gasteiger partial charge in [0, 0.05) is 19.2 Å². The Labute approximate surface area is 112 Å². The van der Waals surface area contributed by atoms with Crippen molar-refractivity contribution >= 4 is 11.8 Å². The number of aromatic nitrogens is 1. The van der Waals surface area contributed by atoms with Gasteiger partial charge in [0.2, 0.25) is 0 Å². The molecule has 0 saturated carbocycles. The summed E-state index contributed by atoms with van der Waals surface area (Å²) in [5.41, 5.74) is 0. The largest absolute Gasteiger partial charge is 0.481 e. The Morgan fingerprint density at radius 2 is 2.11 bits per heavy atom. The Kier molecular flexibility index (Phi) is 4.09. The molecule has 1 saturated heterocycles. The molecule has 6 nitrogen and oxygen atoms in total. The monoisotopic (exact) mass is 268 g/mol. The number of hydrogen-bond acceptors (Lipinski definition) is 5. The summed E-state index contributed by atoms with van der Waals surface area (Å²) >= 11 is 0. The SMILES string of the molecule is CC(C)C(C(=O)O)c1cc(N2CCC(O)CC2)no1. The van der Waals surface area contributed by atoms with Crippen molar-refractivity contribution < 1.29 is 19.5 Å². The minimum absolute atomic E-state index is 0.0542. The molecular formula is C13H20N2O4. The fourth-order valence-corrected chi connectivity index (χ4v) is 2.41. The number of piperidine rings is 1. The molecule has 2 N–H and O–H groups in total. The first-order chi connectivity index (χ1) is 8.99. The van der Waals surface area contributed by atoms with E-state index in [-0.39, 0.29) is 12.0 Å². The predicted molar refractivity (Wildman–Crippen MR) is 69.2 cm³/mol. The molecule has 2 heterocycles. The molecular weight excluding hydrogens is 248 g/mol. The quantitative estimate of drug-likeness (QED) is 0.859. The molecule has 19 heavy (non-hydrogen) atoms. The molecule has 1 atom stereocenters. The normalized spacial score (nSPS) is 18.8. The average Bonchev–Trinajstić information content (AvgIpc) is 2.78. The number of carboxylic acid groups (broad SMARTS) is 1. The van der Waals surface area contributed by atoms with Crippen LogP contribution in [0.15, 0.2) is 10.6 Å². The van der Waals surface area contributed by atoms with Crippen molar-refractivity contribution in [2.75, 3.05) is 18.0 Å². The van der Waals surface area contributed by atoms with Crippen molar-refractivity contribution in [3.63, 3.8) is 0 Å². The molecule has 1 aliphatic heterocycles. The maximum Gasteiger partial charge on any atom is 0.314 e. The van der Waals surface area contributed by atoms with Crippen molar-refractivity contribution in [3.05, 3.63) is 11.8 Å². The topological polar surface area (TPSA) is 86.8 Å². The summed E-state index contributed by atoms with van der Waals surface area (Å²) in [7, 11) is 0. The molecule has 2 rings (SSSR count). The van der Waals surface area contributed by atoms with E-state index in [9.17, 15) is 15.0 Å². The zero-order chi connectivity index (χ0) is 14.0. The minimum Gasteiger partial charge on any atom is -0.481 e. The van der Waals surface area contributed by atoms with Gasteiger partial charge in [0.25, 0.3) is 0 Å². The summed E-state index contributed by atoms with van der Waals surface area (Å²) in [6.45, 7) is 5.12. The maximum absolute atomic E-state index is 11.2. The molecule has 1 aromatic rings. The summed E-state index contributed by atoms with van der Waals surface area (Å²) in [5, 5.41) is 22.6. The van der Waals surface area contributed by atoms with Gasteiger partial charge in [0.05, 0.1) is 6.10 Å². The Morgan fingerprint density at radius 3 is 2.63 bits per heavy atom. The number of aliphatic hydroxyl groups is 1. The number of nitrogens with zero attached hydrogens (tertiary/aromatic N) is 2. The summed E-state index contributed by atoms with van der Waals surface area (Å²) in [6, 6.07) is 1.70. The third-order valence-electron chi connectivity index (χ3n) is 3.54. The van der Waals surface area contributed by atoms with E-state index >= 15 is 0 Å². The van der Waals surface area contributed by atoms with Gasteiger partial charge in [-0.05, 0) is 18.8 Å². The Bertz CT molecular complexity index is 436. The maximum atomic E-state index is 11.2. The van der Waals surface area contributed by atoms with Crippen LogP contribution >= 0.6 is 0 Å². The van der Waals surface area contributed by atoms with Crippen LogP contribution in [-0.4, -0.2) is 40.5 Å². The lowest BCUT2D eigenvalue weighted by Crippen LogP contribution is -2.35. The summed E-state index contributed by atoms with van der Waals surface area (Å²) in [6.07, 6.45) is 1.16. The second-order valence-electron chi connectivity index (χ2n) is 5.37. The van der Waals surface area contributed by atoms with Gasteiger partial charge in [-0.25, -0.2) is 0 Å². The van der Waals surface area contributed by atoms with Crippen LogP contribution in [0.4, 0.5) is 5.82 Å². The van der Waals surface area contributed by atoms with E-state index in [0.29, 0.717) is 37.5 Å². The van der Waals surface area contributed by atoms with Gasteiger partial charge < -0.3 is 19.6 Å². The van der Waals surface area contributed by atoms with E-state index in [1.807, 2.05) is 18.7 Å². The van der Waals surface area contributed by atoms with E-state index in [4.69, 9.17) is 4.52 Å². The molecule has 0 aromatic carbocycles. The van der Waals surface area contributed by atoms with Crippen molar-refractivity contribution in [2.45, 2.75) is 38.7 Å². The molecule has 0 spiro atoms. The van der Waals surface area contributed by atoms with E-state index in [0.717, 1.165) is 0 Å². The van der Waals surface area contributed by atoms with Crippen molar-refractivity contribution in [3.8, 4) is 0 Å². The van der Waals surface area contributed by atoms with Crippen LogP contribution in [0.25, 0.3) is 0 Å². The number of anilines is 1. The number of carbonyl (C=O) groups is 1. The number of carboxylic acids is 1. The highest BCUT2D eigenvalue weighted by Crippen LogP contribution is 2.28. The van der Waals surface area contributed by atoms with Gasteiger partial charge in [0.15, 0.2) is 11.6 Å². The molecule has 0 radical (unpaired) electrons. The van der Waals surface area contributed by atoms with Crippen LogP contribution in [0.5, 0.6) is 0 Å². The molecule has 6 heteroatoms. The van der Waals surface area contributed by atoms with E-state index in [1.54, 1.807) is 6.07 Å². The molecule has 1 aromatic heterocycles. The standard InChI is InChI=1S/C13H20N2O4/c1-8(2)12(13(17)18)10-7-11(14-19-10)15-5-3-9(16)4-6-15/h7-9,12,16H,3-6H2,1-2H3,(H,17,18). The molecule has 0 aliphatic carbocycles. The number of aliphatic hydroxyl groups excluding tert-OH is 1. The third-order valence-corrected chi connectivity index (χ3v) is 3.54. The lowest BCUT2D eigenvalue weighted by molar-refractivity contribution is -0.140. The van der Waals surface area contributed by atoms with Gasteiger partial charge in [-0.1, -0.05) is 19.0 Å². The first kappa shape index (κ1) is 13.9. The van der Waals surface area contributed by atoms with Crippen LogP contribution < -0.4 is 4.90 Å². The molecule has 106 valence electrons. The fourth-order valence-electron chi connectivity index (χ4n) is 2.41. The van der Waals surface area contributed by atoms with Crippen molar-refractivity contribution in [1.82, 2.24) is 5.16 Å². The summed E-state index contributed by atoms with van der Waals surface area (Å²) < 4.78 is 5.19. The molecule has 1 aliphatic rings. The summed E-state index contributed by atoms with van der Waals surface area (Å²) in [5.74, 6) is -0.567. The highest BCUT2D eigenvalue weighted by Gasteiger charge is 2.29. The van der Waals surface area contributed by atoms with Crippen molar-refractivity contribution in [1.29, 1.82) is 0 Å². The number of rotatable bonds is 4. The Morgan fingerprint density at radius 1 is 1.47 bits per heavy atom. The van der Waals surface area contributed by atoms with E-state index in [1.165, 1.54) is 0 Å². The molecule has 0 bridgehead atoms. The minimum atomic E-state index is -0.897. The van der Waals surface area contributed by atoms with Crippen LogP contribution in [0.2, 0.25) is 0 Å². The molecule has 1 unspecified atom stereocenters. The fraction of sp³-hybridized carbons (Fsp3) is 0.692. The number of hydrogen-bond donors (Lipinski definition) is 2. The van der Waals surface area contributed by atoms with Gasteiger partial charge in [-0.3, -0.25) is 4.79 Å². The van der Waals surface area contributed by atoms with Gasteiger partial charge in [0.1, 0.15) is 5.92 Å². The lowest BCUT2D eigenvalue weighted by Gasteiger charge is -2.28. The van der Waals surface area contributed by atoms with Crippen LogP contribution in [0.1, 0.15) is 38.4 Å². The first-order valence-electron chi connectivity index (χ1n) is 6.61. The predicted octanol–water partition coefficient (Wildman–Crippen LogP) is 1.46. The zero-order valence-corrected chi connectivity index (χ0v) is 11.2. The summed E-state index contributed by atoms with van der Waals surface area (Å²) in [4.78, 5) is 13.2. The van der Waals surface area contributed by atoms with Gasteiger partial charge in [-0.2, -0.15) is 0 Å². The van der Waals surface area contributed by atoms with Crippen LogP contribution in [-0.2, 0) is 4.79 Å². The van der Waals surface area contributed by atoms with Gasteiger partial charge in [-0.15, -0.1) is 0 Å². The Balaban J connectivity index is 2.12. The Hall–Kier alpha value is -1.56. The lowest BCUT2D eigenvalue weighted by atomic mass is 9.93. The molecule has 1 fully saturated rings. The smallest absolute Gasteiger partial charge is 0.314 e. The highest BCUT2D eigenvalue weighted by atomic mass is 16.5. The van der Waals surface area contributed by atoms with Crippen LogP contribution in [0.3, 0.4) is 0 Å². The first-order valence-corrected chi connectivity index (χ1v) is 6.61. The van der Waals surface area contributed by atoms with Gasteiger partial charge >= 0.3 is 5.97 Å². The van der Waals surface area contributed by atoms with Crippen LogP contribution in [0, 0.1) is 5.92 Å². The van der Waals surface area contributed by atoms with Crippen molar-refractivity contribution in [2.24, 2.45) is 5.92 Å².